The first kappa shape index (κ1) is 16.5. The van der Waals surface area contributed by atoms with E-state index in [0.717, 1.165) is 22.6 Å². The Labute approximate surface area is 134 Å². The normalized spacial score (nSPS) is 12.3. The Morgan fingerprint density at radius 2 is 1.91 bits per heavy atom. The van der Waals surface area contributed by atoms with Gasteiger partial charge in [0.25, 0.3) is 5.91 Å². The Kier molecular flexibility index (Phi) is 4.95. The third-order valence-electron chi connectivity index (χ3n) is 3.43. The maximum absolute atomic E-state index is 11.7. The van der Waals surface area contributed by atoms with E-state index >= 15 is 0 Å². The summed E-state index contributed by atoms with van der Waals surface area (Å²) < 4.78 is 6.69. The topological polar surface area (TPSA) is 87.2 Å². The second kappa shape index (κ2) is 6.91. The van der Waals surface area contributed by atoms with Gasteiger partial charge < -0.3 is 10.5 Å². The first-order chi connectivity index (χ1) is 10.9. The lowest BCUT2D eigenvalue weighted by Gasteiger charge is -2.06. The standard InChI is InChI=1S/C17H19N3O3/c1-11-15(9-10-16(21)23-13(3)17(18)22)12(2)20(19-11)14-7-5-4-6-8-14/h4-10,13H,1-3H3,(H2,18,22)/b10-9+/t13-/m1/s1. The van der Waals surface area contributed by atoms with Gasteiger partial charge in [0, 0.05) is 17.3 Å². The molecule has 0 aliphatic heterocycles. The van der Waals surface area contributed by atoms with E-state index in [1.165, 1.54) is 13.0 Å². The molecule has 0 radical (unpaired) electrons. The lowest BCUT2D eigenvalue weighted by molar-refractivity contribution is -0.148. The number of para-hydroxylation sites is 1. The first-order valence-electron chi connectivity index (χ1n) is 7.19. The summed E-state index contributed by atoms with van der Waals surface area (Å²) in [6, 6.07) is 9.71. The monoisotopic (exact) mass is 313 g/mol. The molecule has 0 aliphatic carbocycles. The van der Waals surface area contributed by atoms with Crippen molar-refractivity contribution in [3.05, 3.63) is 53.4 Å². The minimum absolute atomic E-state index is 0.623. The smallest absolute Gasteiger partial charge is 0.331 e. The van der Waals surface area contributed by atoms with Crippen LogP contribution in [0, 0.1) is 13.8 Å². The number of ether oxygens (including phenoxy) is 1. The molecule has 6 nitrogen and oxygen atoms in total. The zero-order chi connectivity index (χ0) is 17.0. The molecule has 2 rings (SSSR count). The van der Waals surface area contributed by atoms with Gasteiger partial charge in [-0.25, -0.2) is 9.48 Å². The van der Waals surface area contributed by atoms with Gasteiger partial charge in [0.2, 0.25) is 0 Å². The van der Waals surface area contributed by atoms with E-state index in [-0.39, 0.29) is 0 Å². The molecular weight excluding hydrogens is 294 g/mol. The average Bonchev–Trinajstić information content (AvgIpc) is 2.80. The molecule has 1 amide bonds. The summed E-state index contributed by atoms with van der Waals surface area (Å²) >= 11 is 0. The van der Waals surface area contributed by atoms with Crippen molar-refractivity contribution in [2.45, 2.75) is 26.9 Å². The number of hydrogen-bond acceptors (Lipinski definition) is 4. The molecule has 2 N–H and O–H groups in total. The zero-order valence-corrected chi connectivity index (χ0v) is 13.3. The minimum Gasteiger partial charge on any atom is -0.449 e. The van der Waals surface area contributed by atoms with Crippen LogP contribution >= 0.6 is 0 Å². The molecule has 0 bridgehead atoms. The van der Waals surface area contributed by atoms with Crippen LogP contribution in [-0.4, -0.2) is 27.8 Å². The van der Waals surface area contributed by atoms with Crippen molar-refractivity contribution in [3.8, 4) is 5.69 Å². The molecule has 1 aromatic heterocycles. The van der Waals surface area contributed by atoms with Crippen molar-refractivity contribution in [1.82, 2.24) is 9.78 Å². The summed E-state index contributed by atoms with van der Waals surface area (Å²) in [4.78, 5) is 22.6. The fourth-order valence-electron chi connectivity index (χ4n) is 2.14. The van der Waals surface area contributed by atoms with Crippen LogP contribution in [0.5, 0.6) is 0 Å². The van der Waals surface area contributed by atoms with E-state index in [9.17, 15) is 9.59 Å². The second-order valence-corrected chi connectivity index (χ2v) is 5.15. The molecule has 0 unspecified atom stereocenters. The van der Waals surface area contributed by atoms with Crippen LogP contribution in [-0.2, 0) is 14.3 Å². The largest absolute Gasteiger partial charge is 0.449 e. The maximum Gasteiger partial charge on any atom is 0.331 e. The van der Waals surface area contributed by atoms with Crippen molar-refractivity contribution in [3.63, 3.8) is 0 Å². The van der Waals surface area contributed by atoms with Crippen LogP contribution in [0.25, 0.3) is 11.8 Å². The van der Waals surface area contributed by atoms with Gasteiger partial charge in [-0.3, -0.25) is 4.79 Å². The number of amides is 1. The molecule has 0 spiro atoms. The highest BCUT2D eigenvalue weighted by atomic mass is 16.5. The van der Waals surface area contributed by atoms with Gasteiger partial charge in [-0.2, -0.15) is 5.10 Å². The number of nitrogens with zero attached hydrogens (tertiary/aromatic N) is 2. The lowest BCUT2D eigenvalue weighted by atomic mass is 10.2. The molecule has 120 valence electrons. The average molecular weight is 313 g/mol. The quantitative estimate of drug-likeness (QED) is 0.675. The number of aryl methyl sites for hydroxylation is 1. The molecule has 0 saturated carbocycles. The maximum atomic E-state index is 11.7. The Morgan fingerprint density at radius 1 is 1.26 bits per heavy atom. The van der Waals surface area contributed by atoms with Crippen LogP contribution in [0.15, 0.2) is 36.4 Å². The highest BCUT2D eigenvalue weighted by Gasteiger charge is 2.14. The molecule has 1 heterocycles. The Hall–Kier alpha value is -2.89. The van der Waals surface area contributed by atoms with Gasteiger partial charge in [-0.1, -0.05) is 18.2 Å². The van der Waals surface area contributed by atoms with Crippen molar-refractivity contribution in [2.24, 2.45) is 5.73 Å². The van der Waals surface area contributed by atoms with Crippen LogP contribution in [0.3, 0.4) is 0 Å². The highest BCUT2D eigenvalue weighted by molar-refractivity contribution is 5.90. The summed E-state index contributed by atoms with van der Waals surface area (Å²) in [5, 5.41) is 4.49. The number of primary amides is 1. The van der Waals surface area contributed by atoms with Crippen molar-refractivity contribution in [2.75, 3.05) is 0 Å². The molecule has 6 heteroatoms. The van der Waals surface area contributed by atoms with E-state index in [1.54, 1.807) is 6.08 Å². The number of hydrogen-bond donors (Lipinski definition) is 1. The summed E-state index contributed by atoms with van der Waals surface area (Å²) in [6.07, 6.45) is 1.94. The van der Waals surface area contributed by atoms with Crippen molar-refractivity contribution < 1.29 is 14.3 Å². The lowest BCUT2D eigenvalue weighted by Crippen LogP contribution is -2.29. The van der Waals surface area contributed by atoms with E-state index in [0.29, 0.717) is 0 Å². The van der Waals surface area contributed by atoms with Gasteiger partial charge in [0.1, 0.15) is 0 Å². The molecule has 0 aliphatic rings. The van der Waals surface area contributed by atoms with Crippen LogP contribution in [0.1, 0.15) is 23.9 Å². The van der Waals surface area contributed by atoms with Gasteiger partial charge in [0.15, 0.2) is 6.10 Å². The number of nitrogens with two attached hydrogens (primary N) is 1. The molecule has 0 fully saturated rings. The molecule has 23 heavy (non-hydrogen) atoms. The second-order valence-electron chi connectivity index (χ2n) is 5.15. The van der Waals surface area contributed by atoms with Crippen LogP contribution in [0.4, 0.5) is 0 Å². The third-order valence-corrected chi connectivity index (χ3v) is 3.43. The summed E-state index contributed by atoms with van der Waals surface area (Å²) in [6.45, 7) is 5.21. The van der Waals surface area contributed by atoms with Gasteiger partial charge in [-0.05, 0) is 39.0 Å². The molecule has 1 aromatic carbocycles. The SMILES string of the molecule is Cc1nn(-c2ccccc2)c(C)c1/C=C/C(=O)O[C@H](C)C(N)=O. The number of rotatable bonds is 5. The van der Waals surface area contributed by atoms with E-state index in [4.69, 9.17) is 10.5 Å². The Balaban J connectivity index is 2.21. The number of benzene rings is 1. The molecular formula is C17H19N3O3. The predicted molar refractivity (Wildman–Crippen MR) is 86.8 cm³/mol. The molecule has 0 saturated heterocycles. The predicted octanol–water partition coefficient (Wildman–Crippen LogP) is 1.92. The summed E-state index contributed by atoms with van der Waals surface area (Å²) in [5.41, 5.74) is 8.52. The van der Waals surface area contributed by atoms with Crippen molar-refractivity contribution in [1.29, 1.82) is 0 Å². The van der Waals surface area contributed by atoms with Gasteiger partial charge in [0.05, 0.1) is 11.4 Å². The highest BCUT2D eigenvalue weighted by Crippen LogP contribution is 2.19. The van der Waals surface area contributed by atoms with E-state index in [2.05, 4.69) is 5.10 Å². The van der Waals surface area contributed by atoms with E-state index < -0.39 is 18.0 Å². The van der Waals surface area contributed by atoms with Gasteiger partial charge >= 0.3 is 5.97 Å². The Morgan fingerprint density at radius 3 is 2.52 bits per heavy atom. The Bertz CT molecular complexity index is 748. The fraction of sp³-hybridized carbons (Fsp3) is 0.235. The number of carbonyl (C=O) groups excluding carboxylic acids is 2. The minimum atomic E-state index is -0.957. The third kappa shape index (κ3) is 3.85. The molecule has 2 aromatic rings. The fourth-order valence-corrected chi connectivity index (χ4v) is 2.14. The van der Waals surface area contributed by atoms with Gasteiger partial charge in [-0.15, -0.1) is 0 Å². The van der Waals surface area contributed by atoms with E-state index in [1.807, 2.05) is 48.9 Å². The summed E-state index contributed by atoms with van der Waals surface area (Å²) in [7, 11) is 0. The first-order valence-corrected chi connectivity index (χ1v) is 7.19. The number of esters is 1. The zero-order valence-electron chi connectivity index (χ0n) is 13.3. The summed E-state index contributed by atoms with van der Waals surface area (Å²) in [5.74, 6) is -1.31. The van der Waals surface area contributed by atoms with Crippen LogP contribution in [0.2, 0.25) is 0 Å². The number of carbonyl (C=O) groups is 2. The van der Waals surface area contributed by atoms with Crippen LogP contribution < -0.4 is 5.73 Å². The number of aromatic nitrogens is 2. The molecule has 1 atom stereocenters. The van der Waals surface area contributed by atoms with Crippen molar-refractivity contribution >= 4 is 18.0 Å².